The van der Waals surface area contributed by atoms with Gasteiger partial charge in [0.2, 0.25) is 5.79 Å². The van der Waals surface area contributed by atoms with Gasteiger partial charge < -0.3 is 34.4 Å². The van der Waals surface area contributed by atoms with E-state index in [0.717, 1.165) is 12.0 Å². The minimum Gasteiger partial charge on any atom is -0.467 e. The normalized spacial score (nSPS) is 27.6. The molecule has 0 bridgehead atoms. The molecule has 0 aromatic rings. The van der Waals surface area contributed by atoms with Crippen molar-refractivity contribution >= 4 is 23.4 Å². The van der Waals surface area contributed by atoms with Gasteiger partial charge in [-0.15, -0.1) is 0 Å². The zero-order chi connectivity index (χ0) is 33.0. The van der Waals surface area contributed by atoms with E-state index in [1.807, 2.05) is 44.2 Å². The van der Waals surface area contributed by atoms with E-state index in [4.69, 9.17) is 19.3 Å². The number of ether oxygens (including phenoxy) is 3. The van der Waals surface area contributed by atoms with Crippen molar-refractivity contribution in [1.82, 2.24) is 4.90 Å². The Morgan fingerprint density at radius 3 is 2.41 bits per heavy atom. The molecule has 2 aliphatic heterocycles. The number of amides is 1. The molecule has 2 heterocycles. The molecule has 2 fully saturated rings. The summed E-state index contributed by atoms with van der Waals surface area (Å²) in [7, 11) is 2.81. The molecule has 2 aliphatic rings. The van der Waals surface area contributed by atoms with Crippen LogP contribution in [-0.4, -0.2) is 101 Å². The molecule has 1 amide bonds. The molecular formula is C33H51NO10. The van der Waals surface area contributed by atoms with E-state index in [0.29, 0.717) is 38.5 Å². The largest absolute Gasteiger partial charge is 0.467 e. The van der Waals surface area contributed by atoms with Crippen LogP contribution in [0, 0.1) is 17.8 Å². The van der Waals surface area contributed by atoms with Crippen LogP contribution in [0.25, 0.3) is 0 Å². The number of ketones is 2. The predicted octanol–water partition coefficient (Wildman–Crippen LogP) is 2.66. The zero-order valence-corrected chi connectivity index (χ0v) is 26.9. The van der Waals surface area contributed by atoms with Gasteiger partial charge in [-0.2, -0.15) is 0 Å². The fraction of sp³-hybridized carbons (Fsp3) is 0.697. The molecule has 2 saturated heterocycles. The summed E-state index contributed by atoms with van der Waals surface area (Å²) in [5, 5.41) is 29.9. The van der Waals surface area contributed by atoms with Gasteiger partial charge in [-0.3, -0.25) is 14.4 Å². The molecule has 248 valence electrons. The summed E-state index contributed by atoms with van der Waals surface area (Å²) in [5.74, 6) is -6.18. The average molecular weight is 622 g/mol. The highest BCUT2D eigenvalue weighted by Crippen LogP contribution is 2.36. The predicted molar refractivity (Wildman–Crippen MR) is 163 cm³/mol. The van der Waals surface area contributed by atoms with Gasteiger partial charge in [0.1, 0.15) is 12.1 Å². The smallest absolute Gasteiger partial charge is 0.328 e. The highest BCUT2D eigenvalue weighted by Gasteiger charge is 2.52. The summed E-state index contributed by atoms with van der Waals surface area (Å²) in [4.78, 5) is 52.1. The summed E-state index contributed by atoms with van der Waals surface area (Å²) in [5.41, 5.74) is 0.893. The Balaban J connectivity index is 2.01. The molecule has 0 spiro atoms. The van der Waals surface area contributed by atoms with Crippen molar-refractivity contribution in [2.75, 3.05) is 27.4 Å². The number of aliphatic hydroxyl groups excluding tert-OH is 2. The summed E-state index contributed by atoms with van der Waals surface area (Å²) < 4.78 is 16.5. The van der Waals surface area contributed by atoms with Crippen LogP contribution in [0.3, 0.4) is 0 Å². The number of hydrogen-bond donors (Lipinski definition) is 3. The second-order valence-electron chi connectivity index (χ2n) is 12.1. The van der Waals surface area contributed by atoms with Crippen molar-refractivity contribution in [2.45, 2.75) is 103 Å². The second kappa shape index (κ2) is 17.7. The number of carbonyl (C=O) groups is 4. The van der Waals surface area contributed by atoms with Crippen molar-refractivity contribution in [3.63, 3.8) is 0 Å². The number of esters is 1. The van der Waals surface area contributed by atoms with Gasteiger partial charge in [-0.25, -0.2) is 4.79 Å². The molecule has 11 nitrogen and oxygen atoms in total. The fourth-order valence-corrected chi connectivity index (χ4v) is 5.85. The van der Waals surface area contributed by atoms with Crippen LogP contribution in [0.4, 0.5) is 0 Å². The van der Waals surface area contributed by atoms with Crippen LogP contribution in [-0.2, 0) is 33.4 Å². The van der Waals surface area contributed by atoms with Gasteiger partial charge in [0.05, 0.1) is 25.9 Å². The Hall–Kier alpha value is -2.70. The third kappa shape index (κ3) is 9.90. The first-order valence-corrected chi connectivity index (χ1v) is 15.5. The Morgan fingerprint density at radius 2 is 1.77 bits per heavy atom. The summed E-state index contributed by atoms with van der Waals surface area (Å²) in [6.45, 7) is 6.93. The third-order valence-electron chi connectivity index (χ3n) is 8.70. The molecule has 0 aromatic carbocycles. The SMILES string of the molecule is COC(=O)[C@@H]1CCCCN1C(=O)C(=O)[C@]1(O)O[C@H](C[C@H](OC)/C(C)=C/C=C/C=C/[C@@H](C)C[C@@H](C)C(=O)[C@H](O)CO)CC[C@H]1C. The Kier molecular flexibility index (Phi) is 15.1. The first-order chi connectivity index (χ1) is 20.8. The number of nitrogens with zero attached hydrogens (tertiary/aromatic N) is 1. The summed E-state index contributed by atoms with van der Waals surface area (Å²) >= 11 is 0. The van der Waals surface area contributed by atoms with E-state index in [1.165, 1.54) is 12.0 Å². The minimum absolute atomic E-state index is 0.0849. The number of piperidine rings is 1. The number of hydrogen-bond acceptors (Lipinski definition) is 10. The number of carbonyl (C=O) groups excluding carboxylic acids is 4. The van der Waals surface area contributed by atoms with Crippen LogP contribution in [0.1, 0.15) is 72.6 Å². The van der Waals surface area contributed by atoms with Crippen LogP contribution >= 0.6 is 0 Å². The van der Waals surface area contributed by atoms with Gasteiger partial charge in [0.25, 0.3) is 11.7 Å². The first kappa shape index (κ1) is 37.5. The van der Waals surface area contributed by atoms with E-state index < -0.39 is 54.2 Å². The molecular weight excluding hydrogens is 570 g/mol. The third-order valence-corrected chi connectivity index (χ3v) is 8.70. The Labute approximate surface area is 260 Å². The van der Waals surface area contributed by atoms with Gasteiger partial charge in [-0.1, -0.05) is 51.2 Å². The molecule has 0 aromatic heterocycles. The quantitative estimate of drug-likeness (QED) is 0.141. The van der Waals surface area contributed by atoms with Gasteiger partial charge >= 0.3 is 5.97 Å². The average Bonchev–Trinajstić information content (AvgIpc) is 3.02. The van der Waals surface area contributed by atoms with Gasteiger partial charge in [-0.05, 0) is 56.9 Å². The van der Waals surface area contributed by atoms with E-state index in [-0.39, 0.29) is 30.3 Å². The maximum absolute atomic E-state index is 13.4. The van der Waals surface area contributed by atoms with Crippen LogP contribution in [0.5, 0.6) is 0 Å². The van der Waals surface area contributed by atoms with Crippen LogP contribution in [0.2, 0.25) is 0 Å². The first-order valence-electron chi connectivity index (χ1n) is 15.5. The zero-order valence-electron chi connectivity index (χ0n) is 26.9. The topological polar surface area (TPSA) is 160 Å². The number of Topliss-reactive ketones (excluding diaryl/α,β-unsaturated/α-hetero) is 2. The molecule has 8 atom stereocenters. The lowest BCUT2D eigenvalue weighted by molar-refractivity contribution is -0.265. The van der Waals surface area contributed by atoms with Crippen LogP contribution in [0.15, 0.2) is 36.0 Å². The number of methoxy groups -OCH3 is 2. The van der Waals surface area contributed by atoms with Gasteiger partial charge in [0, 0.05) is 31.9 Å². The number of allylic oxidation sites excluding steroid dienone is 5. The molecule has 44 heavy (non-hydrogen) atoms. The number of aliphatic hydroxyl groups is 3. The molecule has 2 rings (SSSR count). The van der Waals surface area contributed by atoms with Crippen molar-refractivity contribution in [3.05, 3.63) is 36.0 Å². The Bertz CT molecular complexity index is 1080. The summed E-state index contributed by atoms with van der Waals surface area (Å²) in [6, 6.07) is -0.862. The second-order valence-corrected chi connectivity index (χ2v) is 12.1. The lowest BCUT2D eigenvalue weighted by atomic mass is 9.85. The number of likely N-dealkylation sites (tertiary alicyclic amines) is 1. The van der Waals surface area contributed by atoms with E-state index in [2.05, 4.69) is 0 Å². The Morgan fingerprint density at radius 1 is 1.07 bits per heavy atom. The van der Waals surface area contributed by atoms with E-state index >= 15 is 0 Å². The van der Waals surface area contributed by atoms with Crippen LogP contribution < -0.4 is 0 Å². The van der Waals surface area contributed by atoms with Gasteiger partial charge in [0.15, 0.2) is 5.78 Å². The highest BCUT2D eigenvalue weighted by molar-refractivity contribution is 6.39. The molecule has 3 N–H and O–H groups in total. The minimum atomic E-state index is -2.31. The molecule has 0 saturated carbocycles. The summed E-state index contributed by atoms with van der Waals surface area (Å²) in [6.07, 6.45) is 10.9. The van der Waals surface area contributed by atoms with Crippen molar-refractivity contribution in [1.29, 1.82) is 0 Å². The fourth-order valence-electron chi connectivity index (χ4n) is 5.85. The maximum atomic E-state index is 13.4. The van der Waals surface area contributed by atoms with Crippen molar-refractivity contribution < 1.29 is 48.7 Å². The maximum Gasteiger partial charge on any atom is 0.328 e. The highest BCUT2D eigenvalue weighted by atomic mass is 16.6. The van der Waals surface area contributed by atoms with Crippen molar-refractivity contribution in [2.24, 2.45) is 17.8 Å². The van der Waals surface area contributed by atoms with E-state index in [9.17, 15) is 29.4 Å². The van der Waals surface area contributed by atoms with Crippen molar-refractivity contribution in [3.8, 4) is 0 Å². The molecule has 11 heteroatoms. The monoisotopic (exact) mass is 621 g/mol. The molecule has 0 radical (unpaired) electrons. The lowest BCUT2D eigenvalue weighted by Gasteiger charge is -2.42. The number of rotatable bonds is 15. The molecule has 0 unspecified atom stereocenters. The molecule has 0 aliphatic carbocycles. The lowest BCUT2D eigenvalue weighted by Crippen LogP contribution is -2.60. The standard InChI is InChI=1S/C33H51NO10/c1-21(18-23(3)29(37)27(36)20-35)12-8-7-9-13-22(2)28(42-5)19-25-16-15-24(4)33(41,44-25)30(38)31(39)34-17-11-10-14-26(34)32(40)43-6/h7-9,12-13,21,23-28,35-36,41H,10-11,14-20H2,1-6H3/b9-7+,12-8+,22-13+/t21-,23-,24-,25+,26+,27-,28+,33-/m1/s1. The van der Waals surface area contributed by atoms with E-state index in [1.54, 1.807) is 21.0 Å².